The molecule has 2 atom stereocenters. The minimum Gasteiger partial charge on any atom is -0.390 e. The topological polar surface area (TPSA) is 20.2 Å². The molecule has 1 nitrogen and oxygen atoms in total. The van der Waals surface area contributed by atoms with Crippen LogP contribution in [0.3, 0.4) is 0 Å². The molecule has 4 aliphatic carbocycles. The van der Waals surface area contributed by atoms with Crippen LogP contribution in [0.2, 0.25) is 0 Å². The molecule has 12 heavy (non-hydrogen) atoms. The lowest BCUT2D eigenvalue weighted by molar-refractivity contribution is -0.147. The van der Waals surface area contributed by atoms with Gasteiger partial charge in [-0.3, -0.25) is 0 Å². The van der Waals surface area contributed by atoms with E-state index in [4.69, 9.17) is 0 Å². The highest BCUT2D eigenvalue weighted by molar-refractivity contribution is 5.04. The highest BCUT2D eigenvalue weighted by atomic mass is 16.3. The summed E-state index contributed by atoms with van der Waals surface area (Å²) < 4.78 is 0. The van der Waals surface area contributed by atoms with Crippen LogP contribution in [0.5, 0.6) is 0 Å². The van der Waals surface area contributed by atoms with Gasteiger partial charge in [0.25, 0.3) is 0 Å². The summed E-state index contributed by atoms with van der Waals surface area (Å²) in [5, 5.41) is 10.2. The number of rotatable bonds is 0. The Labute approximate surface area is 74.2 Å². The highest BCUT2D eigenvalue weighted by Gasteiger charge is 2.53. The van der Waals surface area contributed by atoms with Gasteiger partial charge in [0, 0.05) is 0 Å². The summed E-state index contributed by atoms with van der Waals surface area (Å²) in [6, 6.07) is 0. The van der Waals surface area contributed by atoms with Crippen LogP contribution in [0.4, 0.5) is 0 Å². The van der Waals surface area contributed by atoms with Crippen molar-refractivity contribution in [2.75, 3.05) is 0 Å². The molecule has 0 amide bonds. The van der Waals surface area contributed by atoms with E-state index in [0.717, 1.165) is 42.9 Å². The predicted molar refractivity (Wildman–Crippen MR) is 47.7 cm³/mol. The molecule has 1 heteroatoms. The molecule has 0 aromatic rings. The predicted octanol–water partition coefficient (Wildman–Crippen LogP) is 2.19. The molecule has 1 N–H and O–H groups in total. The quantitative estimate of drug-likeness (QED) is 0.585. The second-order valence-electron chi connectivity index (χ2n) is 5.55. The maximum absolute atomic E-state index is 10.2. The van der Waals surface area contributed by atoms with Gasteiger partial charge in [-0.1, -0.05) is 6.92 Å². The van der Waals surface area contributed by atoms with Crippen LogP contribution < -0.4 is 0 Å². The van der Waals surface area contributed by atoms with Crippen molar-refractivity contribution in [3.63, 3.8) is 0 Å². The summed E-state index contributed by atoms with van der Waals surface area (Å²) >= 11 is 0. The summed E-state index contributed by atoms with van der Waals surface area (Å²) in [6.07, 6.45) is 6.18. The summed E-state index contributed by atoms with van der Waals surface area (Å²) in [6.45, 7) is 2.40. The van der Waals surface area contributed by atoms with Gasteiger partial charge in [-0.05, 0) is 55.8 Å². The summed E-state index contributed by atoms with van der Waals surface area (Å²) in [4.78, 5) is 0. The third-order valence-corrected chi connectivity index (χ3v) is 4.71. The summed E-state index contributed by atoms with van der Waals surface area (Å²) in [5.74, 6) is 3.51. The Kier molecular flexibility index (Phi) is 1.27. The van der Waals surface area contributed by atoms with E-state index in [9.17, 15) is 5.11 Å². The van der Waals surface area contributed by atoms with E-state index in [-0.39, 0.29) is 5.60 Å². The largest absolute Gasteiger partial charge is 0.390 e. The van der Waals surface area contributed by atoms with Gasteiger partial charge in [-0.15, -0.1) is 0 Å². The second kappa shape index (κ2) is 2.06. The SMILES string of the molecule is CC1[C@H]2CC3C[C@H]1CC(O)(C3)C2. The van der Waals surface area contributed by atoms with E-state index in [1.54, 1.807) is 0 Å². The smallest absolute Gasteiger partial charge is 0.0656 e. The third-order valence-electron chi connectivity index (χ3n) is 4.71. The minimum absolute atomic E-state index is 0.219. The summed E-state index contributed by atoms with van der Waals surface area (Å²) in [7, 11) is 0. The lowest BCUT2D eigenvalue weighted by Gasteiger charge is -2.57. The Morgan fingerprint density at radius 1 is 1.08 bits per heavy atom. The molecule has 4 bridgehead atoms. The van der Waals surface area contributed by atoms with Crippen LogP contribution in [-0.2, 0) is 0 Å². The lowest BCUT2D eigenvalue weighted by Crippen LogP contribution is -2.53. The van der Waals surface area contributed by atoms with Crippen LogP contribution >= 0.6 is 0 Å². The zero-order valence-corrected chi connectivity index (χ0v) is 7.79. The number of aliphatic hydroxyl groups is 1. The van der Waals surface area contributed by atoms with Crippen LogP contribution in [0.1, 0.15) is 39.0 Å². The second-order valence-corrected chi connectivity index (χ2v) is 5.55. The first-order chi connectivity index (χ1) is 5.66. The van der Waals surface area contributed by atoms with Crippen molar-refractivity contribution in [1.82, 2.24) is 0 Å². The number of hydrogen-bond acceptors (Lipinski definition) is 1. The van der Waals surface area contributed by atoms with Gasteiger partial charge in [0.1, 0.15) is 0 Å². The number of hydrogen-bond donors (Lipinski definition) is 1. The van der Waals surface area contributed by atoms with E-state index in [1.165, 1.54) is 12.8 Å². The molecular formula is C11H18O. The van der Waals surface area contributed by atoms with Crippen molar-refractivity contribution in [2.45, 2.75) is 44.6 Å². The van der Waals surface area contributed by atoms with Gasteiger partial charge < -0.3 is 5.11 Å². The van der Waals surface area contributed by atoms with Crippen LogP contribution in [0.25, 0.3) is 0 Å². The van der Waals surface area contributed by atoms with E-state index in [2.05, 4.69) is 6.92 Å². The first-order valence-electron chi connectivity index (χ1n) is 5.39. The molecule has 0 heterocycles. The standard InChI is InChI=1S/C11H18O/c1-7-9-2-8-3-10(7)6-11(12,4-8)5-9/h7-10,12H,2-6H2,1H3/t7?,8?,9-,10-,11?/m0/s1. The molecule has 0 saturated heterocycles. The van der Waals surface area contributed by atoms with Gasteiger partial charge in [-0.25, -0.2) is 0 Å². The van der Waals surface area contributed by atoms with Crippen molar-refractivity contribution in [3.05, 3.63) is 0 Å². The Balaban J connectivity index is 1.95. The average molecular weight is 166 g/mol. The Bertz CT molecular complexity index is 195. The van der Waals surface area contributed by atoms with Gasteiger partial charge in [0.05, 0.1) is 5.60 Å². The zero-order valence-electron chi connectivity index (χ0n) is 7.79. The van der Waals surface area contributed by atoms with Crippen molar-refractivity contribution < 1.29 is 5.11 Å². The zero-order chi connectivity index (χ0) is 8.34. The minimum atomic E-state index is -0.219. The van der Waals surface area contributed by atoms with Crippen molar-refractivity contribution in [3.8, 4) is 0 Å². The molecule has 0 radical (unpaired) electrons. The Morgan fingerprint density at radius 2 is 1.67 bits per heavy atom. The summed E-state index contributed by atoms with van der Waals surface area (Å²) in [5.41, 5.74) is -0.219. The van der Waals surface area contributed by atoms with E-state index < -0.39 is 0 Å². The molecule has 68 valence electrons. The van der Waals surface area contributed by atoms with Crippen LogP contribution in [-0.4, -0.2) is 10.7 Å². The fourth-order valence-corrected chi connectivity index (χ4v) is 4.24. The van der Waals surface area contributed by atoms with Crippen LogP contribution in [0, 0.1) is 23.7 Å². The van der Waals surface area contributed by atoms with Crippen molar-refractivity contribution in [2.24, 2.45) is 23.7 Å². The molecule has 4 saturated carbocycles. The monoisotopic (exact) mass is 166 g/mol. The van der Waals surface area contributed by atoms with Gasteiger partial charge in [0.15, 0.2) is 0 Å². The van der Waals surface area contributed by atoms with E-state index >= 15 is 0 Å². The molecule has 4 rings (SSSR count). The first-order valence-corrected chi connectivity index (χ1v) is 5.39. The van der Waals surface area contributed by atoms with E-state index in [1.807, 2.05) is 0 Å². The average Bonchev–Trinajstić information content (AvgIpc) is 1.96. The fraction of sp³-hybridized carbons (Fsp3) is 1.00. The molecule has 0 aromatic heterocycles. The molecule has 4 fully saturated rings. The third kappa shape index (κ3) is 0.834. The fourth-order valence-electron chi connectivity index (χ4n) is 4.24. The van der Waals surface area contributed by atoms with Crippen molar-refractivity contribution >= 4 is 0 Å². The molecule has 0 spiro atoms. The normalized spacial score (nSPS) is 62.5. The maximum Gasteiger partial charge on any atom is 0.0656 e. The molecular weight excluding hydrogens is 148 g/mol. The molecule has 0 unspecified atom stereocenters. The molecule has 0 aliphatic heterocycles. The maximum atomic E-state index is 10.2. The lowest BCUT2D eigenvalue weighted by atomic mass is 9.50. The molecule has 4 aliphatic rings. The molecule has 0 aromatic carbocycles. The van der Waals surface area contributed by atoms with Crippen LogP contribution in [0.15, 0.2) is 0 Å². The Hall–Kier alpha value is -0.0400. The highest BCUT2D eigenvalue weighted by Crippen LogP contribution is 2.57. The first kappa shape index (κ1) is 7.37. The Morgan fingerprint density at radius 3 is 2.17 bits per heavy atom. The van der Waals surface area contributed by atoms with Crippen molar-refractivity contribution in [1.29, 1.82) is 0 Å². The van der Waals surface area contributed by atoms with Gasteiger partial charge >= 0.3 is 0 Å². The van der Waals surface area contributed by atoms with Gasteiger partial charge in [0.2, 0.25) is 0 Å². The van der Waals surface area contributed by atoms with Gasteiger partial charge in [-0.2, -0.15) is 0 Å². The van der Waals surface area contributed by atoms with E-state index in [0.29, 0.717) is 0 Å².